The molecule has 1 N–H and O–H groups in total. The molecule has 0 aromatic heterocycles. The van der Waals surface area contributed by atoms with Crippen molar-refractivity contribution in [1.82, 2.24) is 0 Å². The van der Waals surface area contributed by atoms with Gasteiger partial charge in [0.1, 0.15) is 0 Å². The van der Waals surface area contributed by atoms with Crippen LogP contribution in [0.4, 0.5) is 26.3 Å². The largest absolute Gasteiger partial charge is 0.522 e. The summed E-state index contributed by atoms with van der Waals surface area (Å²) in [6.45, 7) is 0. The average molecular weight is 319 g/mol. The van der Waals surface area contributed by atoms with Crippen molar-refractivity contribution >= 4 is 29.9 Å². The van der Waals surface area contributed by atoms with Crippen molar-refractivity contribution in [2.45, 2.75) is 11.0 Å². The summed E-state index contributed by atoms with van der Waals surface area (Å²) in [5, 5.41) is 0. The Hall–Kier alpha value is -0.270. The third kappa shape index (κ3) is 7.08. The third-order valence-corrected chi connectivity index (χ3v) is 2.23. The van der Waals surface area contributed by atoms with Crippen molar-refractivity contribution in [1.29, 1.82) is 0 Å². The van der Waals surface area contributed by atoms with E-state index in [-0.39, 0.29) is 0 Å². The maximum absolute atomic E-state index is 10.8. The van der Waals surface area contributed by atoms with Crippen LogP contribution in [0.25, 0.3) is 0 Å². The molecule has 0 atom stereocenters. The predicted octanol–water partition coefficient (Wildman–Crippen LogP) is 1.47. The highest BCUT2D eigenvalue weighted by Gasteiger charge is 2.44. The first-order valence-electron chi connectivity index (χ1n) is 2.55. The summed E-state index contributed by atoms with van der Waals surface area (Å²) in [7, 11) is -7.35. The maximum Gasteiger partial charge on any atom is 0.522 e. The lowest BCUT2D eigenvalue weighted by Crippen LogP contribution is -2.21. The second-order valence-electron chi connectivity index (χ2n) is 1.80. The van der Waals surface area contributed by atoms with Crippen LogP contribution in [0, 0.1) is 0 Å². The summed E-state index contributed by atoms with van der Waals surface area (Å²) in [5.41, 5.74) is -10.9. The highest BCUT2D eigenvalue weighted by molar-refractivity contribution is 8.14. The summed E-state index contributed by atoms with van der Waals surface area (Å²) in [4.78, 5) is 0. The van der Waals surface area contributed by atoms with Gasteiger partial charge in [0.25, 0.3) is 0 Å². The molecule has 0 aliphatic rings. The van der Waals surface area contributed by atoms with Crippen LogP contribution in [0.15, 0.2) is 0 Å². The van der Waals surface area contributed by atoms with Crippen LogP contribution in [0.3, 0.4) is 0 Å². The molecule has 0 aromatic rings. The van der Waals surface area contributed by atoms with Gasteiger partial charge in [-0.2, -0.15) is 34.8 Å². The van der Waals surface area contributed by atoms with Crippen LogP contribution < -0.4 is 0 Å². The monoisotopic (exact) mass is 318 g/mol. The number of hydrogen-bond acceptors (Lipinski definition) is 4. The van der Waals surface area contributed by atoms with E-state index in [4.69, 9.17) is 13.0 Å². The van der Waals surface area contributed by atoms with Gasteiger partial charge in [-0.1, -0.05) is 0 Å². The maximum atomic E-state index is 10.8. The normalized spacial score (nSPS) is 14.0. The van der Waals surface area contributed by atoms with Crippen molar-refractivity contribution in [3.05, 3.63) is 0 Å². The summed E-state index contributed by atoms with van der Waals surface area (Å²) in [6, 6.07) is 0. The molecule has 100 valence electrons. The number of hydrogen-bond donors (Lipinski definition) is 1. The summed E-state index contributed by atoms with van der Waals surface area (Å²) < 4.78 is 109. The van der Waals surface area contributed by atoms with Crippen molar-refractivity contribution in [3.8, 4) is 0 Å². The zero-order valence-electron chi connectivity index (χ0n) is 6.54. The Morgan fingerprint density at radius 2 is 0.938 bits per heavy atom. The molecule has 0 bridgehead atoms. The molecule has 5 nitrogen and oxygen atoms in total. The van der Waals surface area contributed by atoms with E-state index in [2.05, 4.69) is 10.7 Å². The third-order valence-electron chi connectivity index (χ3n) is 0.569. The van der Waals surface area contributed by atoms with Crippen LogP contribution >= 0.6 is 10.7 Å². The highest BCUT2D eigenvalue weighted by atomic mass is 35.7. The van der Waals surface area contributed by atoms with E-state index in [0.29, 0.717) is 0 Å². The summed E-state index contributed by atoms with van der Waals surface area (Å²) in [5.74, 6) is 0. The zero-order chi connectivity index (χ0) is 14.0. The molecule has 0 spiro atoms. The van der Waals surface area contributed by atoms with Gasteiger partial charge in [0, 0.05) is 10.7 Å². The lowest BCUT2D eigenvalue weighted by molar-refractivity contribution is -0.0510. The van der Waals surface area contributed by atoms with Gasteiger partial charge >= 0.3 is 30.2 Å². The highest BCUT2D eigenvalue weighted by Crippen LogP contribution is 2.25. The summed E-state index contributed by atoms with van der Waals surface area (Å²) in [6.07, 6.45) is 0. The first-order valence-corrected chi connectivity index (χ1v) is 6.30. The lowest BCUT2D eigenvalue weighted by Gasteiger charge is -1.97. The topological polar surface area (TPSA) is 88.5 Å². The van der Waals surface area contributed by atoms with E-state index >= 15 is 0 Å². The molecule has 0 fully saturated rings. The Balaban J connectivity index is 0. The van der Waals surface area contributed by atoms with E-state index in [1.54, 1.807) is 0 Å². The van der Waals surface area contributed by atoms with Crippen LogP contribution in [-0.2, 0) is 19.2 Å². The van der Waals surface area contributed by atoms with Crippen molar-refractivity contribution < 1.29 is 47.7 Å². The van der Waals surface area contributed by atoms with Gasteiger partial charge < -0.3 is 0 Å². The van der Waals surface area contributed by atoms with Crippen molar-refractivity contribution in [2.24, 2.45) is 0 Å². The number of rotatable bonds is 0. The average Bonchev–Trinajstić information content (AvgIpc) is 1.77. The Labute approximate surface area is 89.2 Å². The molecule has 0 rings (SSSR count). The van der Waals surface area contributed by atoms with Crippen LogP contribution in [0.5, 0.6) is 0 Å². The minimum atomic E-state index is -5.84. The molecule has 0 heterocycles. The van der Waals surface area contributed by atoms with Gasteiger partial charge in [-0.3, -0.25) is 4.55 Å². The molecule has 16 heavy (non-hydrogen) atoms. The van der Waals surface area contributed by atoms with Gasteiger partial charge in [-0.15, -0.1) is 0 Å². The molecule has 0 radical (unpaired) electrons. The molecular weight excluding hydrogens is 318 g/mol. The second-order valence-corrected chi connectivity index (χ2v) is 5.77. The second kappa shape index (κ2) is 4.93. The van der Waals surface area contributed by atoms with Gasteiger partial charge in [0.05, 0.1) is 0 Å². The SMILES string of the molecule is O=S(=O)(Cl)C(F)(F)F.O=S(=O)(O)C(F)(F)F. The fourth-order valence-electron chi connectivity index (χ4n) is 0. The minimum absolute atomic E-state index is 3.86. The molecule has 0 unspecified atom stereocenters. The van der Waals surface area contributed by atoms with E-state index < -0.39 is 30.2 Å². The molecule has 0 aromatic carbocycles. The van der Waals surface area contributed by atoms with Crippen LogP contribution in [-0.4, -0.2) is 32.4 Å². The molecule has 0 saturated heterocycles. The van der Waals surface area contributed by atoms with Crippen LogP contribution in [0.1, 0.15) is 0 Å². The molecule has 0 aliphatic heterocycles. The van der Waals surface area contributed by atoms with E-state index in [9.17, 15) is 34.8 Å². The van der Waals surface area contributed by atoms with Crippen molar-refractivity contribution in [2.75, 3.05) is 0 Å². The van der Waals surface area contributed by atoms with Gasteiger partial charge in [0.2, 0.25) is 0 Å². The zero-order valence-corrected chi connectivity index (χ0v) is 8.93. The molecule has 0 amide bonds. The number of halogens is 7. The lowest BCUT2D eigenvalue weighted by atomic mass is 11.6. The Morgan fingerprint density at radius 3 is 0.938 bits per heavy atom. The first kappa shape index (κ1) is 18.1. The Kier molecular flexibility index (Phi) is 5.58. The Bertz CT molecular complexity index is 373. The molecule has 0 aliphatic carbocycles. The fraction of sp³-hybridized carbons (Fsp3) is 1.00. The standard InChI is InChI=1S/CClF3O2S.CHF3O3S/c2-8(6,7)1(3,4)5;2-1(3,4)8(5,6)7/h;(H,5,6,7). The Morgan fingerprint density at radius 1 is 0.812 bits per heavy atom. The van der Waals surface area contributed by atoms with Gasteiger partial charge in [-0.25, -0.2) is 8.42 Å². The van der Waals surface area contributed by atoms with E-state index in [1.807, 2.05) is 0 Å². The van der Waals surface area contributed by atoms with Gasteiger partial charge in [-0.05, 0) is 0 Å². The number of alkyl halides is 6. The minimum Gasteiger partial charge on any atom is -0.279 e. The predicted molar refractivity (Wildman–Crippen MR) is 38.4 cm³/mol. The van der Waals surface area contributed by atoms with Crippen LogP contribution in [0.2, 0.25) is 0 Å². The fourth-order valence-corrected chi connectivity index (χ4v) is 0. The summed E-state index contributed by atoms with van der Waals surface area (Å²) >= 11 is 0. The first-order chi connectivity index (χ1) is 6.50. The van der Waals surface area contributed by atoms with Crippen molar-refractivity contribution in [3.63, 3.8) is 0 Å². The molecular formula is C2HClF6O5S2. The molecule has 0 saturated carbocycles. The smallest absolute Gasteiger partial charge is 0.279 e. The molecule has 14 heteroatoms. The quantitative estimate of drug-likeness (QED) is 0.316. The van der Waals surface area contributed by atoms with Gasteiger partial charge in [0.15, 0.2) is 0 Å². The van der Waals surface area contributed by atoms with E-state index in [0.717, 1.165) is 0 Å². The van der Waals surface area contributed by atoms with E-state index in [1.165, 1.54) is 0 Å².